The van der Waals surface area contributed by atoms with Crippen LogP contribution in [0.1, 0.15) is 30.4 Å². The third-order valence-corrected chi connectivity index (χ3v) is 5.60. The SMILES string of the molecule is O=C(Nc1ncc(C2=NOC(c3cc(Cl)cc(Cl)c3)(C(F)(F)F)C2)cc1Cl)C1CC1. The fourth-order valence-electron chi connectivity index (χ4n) is 3.10. The van der Waals surface area contributed by atoms with Gasteiger partial charge in [0, 0.05) is 33.3 Å². The van der Waals surface area contributed by atoms with E-state index < -0.39 is 18.2 Å². The first-order chi connectivity index (χ1) is 14.1. The highest BCUT2D eigenvalue weighted by atomic mass is 35.5. The maximum Gasteiger partial charge on any atom is 0.435 e. The van der Waals surface area contributed by atoms with Crippen molar-refractivity contribution in [1.82, 2.24) is 4.98 Å². The summed E-state index contributed by atoms with van der Waals surface area (Å²) in [6.45, 7) is 0. The summed E-state index contributed by atoms with van der Waals surface area (Å²) in [6.07, 6.45) is -2.53. The molecule has 2 heterocycles. The Morgan fingerprint density at radius 3 is 2.37 bits per heavy atom. The van der Waals surface area contributed by atoms with Crippen LogP contribution in [0.2, 0.25) is 15.1 Å². The summed E-state index contributed by atoms with van der Waals surface area (Å²) >= 11 is 18.0. The van der Waals surface area contributed by atoms with E-state index in [4.69, 9.17) is 39.6 Å². The van der Waals surface area contributed by atoms with Crippen LogP contribution in [0.15, 0.2) is 35.6 Å². The maximum atomic E-state index is 14.0. The number of hydrogen-bond donors (Lipinski definition) is 1. The van der Waals surface area contributed by atoms with E-state index in [1.54, 1.807) is 0 Å². The van der Waals surface area contributed by atoms with Crippen LogP contribution < -0.4 is 5.32 Å². The number of aromatic nitrogens is 1. The Hall–Kier alpha value is -2.03. The van der Waals surface area contributed by atoms with Crippen molar-refractivity contribution in [2.75, 3.05) is 5.32 Å². The van der Waals surface area contributed by atoms with Gasteiger partial charge < -0.3 is 10.2 Å². The number of anilines is 1. The van der Waals surface area contributed by atoms with E-state index in [-0.39, 0.29) is 49.5 Å². The molecule has 11 heteroatoms. The predicted octanol–water partition coefficient (Wildman–Crippen LogP) is 5.97. The number of amides is 1. The molecule has 1 aliphatic carbocycles. The van der Waals surface area contributed by atoms with Crippen LogP contribution in [-0.4, -0.2) is 22.8 Å². The molecule has 1 unspecified atom stereocenters. The van der Waals surface area contributed by atoms with Crippen molar-refractivity contribution in [1.29, 1.82) is 0 Å². The normalized spacial score (nSPS) is 21.2. The van der Waals surface area contributed by atoms with Gasteiger partial charge in [-0.1, -0.05) is 40.0 Å². The van der Waals surface area contributed by atoms with Crippen LogP contribution in [0.3, 0.4) is 0 Å². The van der Waals surface area contributed by atoms with Crippen molar-refractivity contribution in [3.63, 3.8) is 0 Å². The lowest BCUT2D eigenvalue weighted by Gasteiger charge is -2.29. The molecule has 4 rings (SSSR count). The van der Waals surface area contributed by atoms with Crippen LogP contribution in [0.4, 0.5) is 19.0 Å². The first-order valence-corrected chi connectivity index (χ1v) is 9.97. The summed E-state index contributed by atoms with van der Waals surface area (Å²) in [7, 11) is 0. The highest BCUT2D eigenvalue weighted by molar-refractivity contribution is 6.35. The molecule has 1 aromatic heterocycles. The summed E-state index contributed by atoms with van der Waals surface area (Å²) in [5.41, 5.74) is -2.78. The molecular formula is C19H13Cl3F3N3O2. The highest BCUT2D eigenvalue weighted by Gasteiger charge is 2.62. The van der Waals surface area contributed by atoms with Gasteiger partial charge in [-0.05, 0) is 37.1 Å². The lowest BCUT2D eigenvalue weighted by Crippen LogP contribution is -2.42. The van der Waals surface area contributed by atoms with E-state index in [1.165, 1.54) is 18.3 Å². The largest absolute Gasteiger partial charge is 0.435 e. The quantitative estimate of drug-likeness (QED) is 0.589. The zero-order valence-corrected chi connectivity index (χ0v) is 17.3. The fraction of sp³-hybridized carbons (Fsp3) is 0.316. The molecule has 30 heavy (non-hydrogen) atoms. The van der Waals surface area contributed by atoms with Crippen molar-refractivity contribution in [2.24, 2.45) is 11.1 Å². The molecule has 1 amide bonds. The number of nitrogens with zero attached hydrogens (tertiary/aromatic N) is 2. The fourth-order valence-corrected chi connectivity index (χ4v) is 3.84. The Morgan fingerprint density at radius 1 is 1.13 bits per heavy atom. The smallest absolute Gasteiger partial charge is 0.374 e. The Bertz CT molecular complexity index is 1040. The number of carbonyl (C=O) groups excluding carboxylic acids is 1. The molecule has 2 aromatic rings. The molecule has 1 saturated carbocycles. The Balaban J connectivity index is 1.62. The molecule has 1 atom stereocenters. The molecule has 0 radical (unpaired) electrons. The summed E-state index contributed by atoms with van der Waals surface area (Å²) in [5.74, 6) is -0.0970. The van der Waals surface area contributed by atoms with E-state index in [2.05, 4.69) is 15.5 Å². The molecule has 5 nitrogen and oxygen atoms in total. The highest BCUT2D eigenvalue weighted by Crippen LogP contribution is 2.49. The summed E-state index contributed by atoms with van der Waals surface area (Å²) in [5, 5.41) is 6.43. The number of rotatable bonds is 4. The number of halogens is 6. The Kier molecular flexibility index (Phi) is 5.36. The molecule has 2 aliphatic rings. The molecule has 158 valence electrons. The minimum absolute atomic E-state index is 0.00195. The molecule has 0 spiro atoms. The van der Waals surface area contributed by atoms with E-state index in [0.29, 0.717) is 0 Å². The number of benzene rings is 1. The summed E-state index contributed by atoms with van der Waals surface area (Å²) in [6, 6.07) is 4.99. The molecule has 1 N–H and O–H groups in total. The van der Waals surface area contributed by atoms with Crippen molar-refractivity contribution < 1.29 is 22.8 Å². The van der Waals surface area contributed by atoms with E-state index in [1.807, 2.05) is 0 Å². The Morgan fingerprint density at radius 2 is 1.80 bits per heavy atom. The van der Waals surface area contributed by atoms with Gasteiger partial charge in [0.15, 0.2) is 5.82 Å². The first kappa shape index (κ1) is 21.2. The van der Waals surface area contributed by atoms with Gasteiger partial charge in [-0.2, -0.15) is 13.2 Å². The number of pyridine rings is 1. The van der Waals surface area contributed by atoms with Crippen molar-refractivity contribution in [2.45, 2.75) is 31.0 Å². The number of alkyl halides is 3. The molecule has 0 saturated heterocycles. The van der Waals surface area contributed by atoms with Gasteiger partial charge in [0.1, 0.15) is 0 Å². The second-order valence-electron chi connectivity index (χ2n) is 7.11. The molecule has 1 aliphatic heterocycles. The van der Waals surface area contributed by atoms with Gasteiger partial charge in [0.25, 0.3) is 5.60 Å². The number of hydrogen-bond acceptors (Lipinski definition) is 4. The molecule has 0 bridgehead atoms. The van der Waals surface area contributed by atoms with Crippen LogP contribution >= 0.6 is 34.8 Å². The van der Waals surface area contributed by atoms with Gasteiger partial charge in [0.05, 0.1) is 17.2 Å². The Labute approximate surface area is 184 Å². The zero-order chi connectivity index (χ0) is 21.7. The van der Waals surface area contributed by atoms with E-state index in [9.17, 15) is 18.0 Å². The number of nitrogens with one attached hydrogen (secondary N) is 1. The van der Waals surface area contributed by atoms with Crippen LogP contribution in [0.25, 0.3) is 0 Å². The first-order valence-electron chi connectivity index (χ1n) is 8.84. The second-order valence-corrected chi connectivity index (χ2v) is 8.39. The predicted molar refractivity (Wildman–Crippen MR) is 107 cm³/mol. The van der Waals surface area contributed by atoms with Crippen LogP contribution in [0, 0.1) is 5.92 Å². The van der Waals surface area contributed by atoms with Gasteiger partial charge >= 0.3 is 6.18 Å². The second kappa shape index (κ2) is 7.59. The van der Waals surface area contributed by atoms with Crippen molar-refractivity contribution in [3.05, 3.63) is 56.7 Å². The van der Waals surface area contributed by atoms with Crippen molar-refractivity contribution in [3.8, 4) is 0 Å². The van der Waals surface area contributed by atoms with Gasteiger partial charge in [-0.25, -0.2) is 4.98 Å². The molecule has 1 aromatic carbocycles. The monoisotopic (exact) mass is 477 g/mol. The minimum Gasteiger partial charge on any atom is -0.374 e. The van der Waals surface area contributed by atoms with Gasteiger partial charge in [-0.15, -0.1) is 0 Å². The van der Waals surface area contributed by atoms with E-state index in [0.717, 1.165) is 25.0 Å². The van der Waals surface area contributed by atoms with Crippen molar-refractivity contribution >= 4 is 52.2 Å². The average Bonchev–Trinajstić information content (AvgIpc) is 3.39. The third-order valence-electron chi connectivity index (χ3n) is 4.88. The van der Waals surface area contributed by atoms with Crippen LogP contribution in [0.5, 0.6) is 0 Å². The average molecular weight is 479 g/mol. The van der Waals surface area contributed by atoms with E-state index >= 15 is 0 Å². The number of oxime groups is 1. The standard InChI is InChI=1S/C19H13Cl3F3N3O2/c20-12-4-11(5-13(21)6-12)18(19(23,24)25)7-15(28-30-18)10-3-14(22)16(26-8-10)27-17(29)9-1-2-9/h3-6,8-9H,1-2,7H2,(H,26,27,29). The lowest BCUT2D eigenvalue weighted by molar-refractivity contribution is -0.275. The zero-order valence-electron chi connectivity index (χ0n) is 15.1. The summed E-state index contributed by atoms with van der Waals surface area (Å²) < 4.78 is 42.1. The lowest BCUT2D eigenvalue weighted by atomic mass is 9.87. The minimum atomic E-state index is -4.80. The van der Waals surface area contributed by atoms with Crippen LogP contribution in [-0.2, 0) is 15.2 Å². The molecular weight excluding hydrogens is 466 g/mol. The third kappa shape index (κ3) is 3.96. The van der Waals surface area contributed by atoms with Gasteiger partial charge in [0.2, 0.25) is 5.91 Å². The molecule has 1 fully saturated rings. The summed E-state index contributed by atoms with van der Waals surface area (Å²) in [4.78, 5) is 20.9. The number of carbonyl (C=O) groups is 1. The maximum absolute atomic E-state index is 14.0. The van der Waals surface area contributed by atoms with Gasteiger partial charge in [-0.3, -0.25) is 4.79 Å². The topological polar surface area (TPSA) is 63.6 Å².